The summed E-state index contributed by atoms with van der Waals surface area (Å²) >= 11 is 1.33. The number of halogens is 1. The lowest BCUT2D eigenvalue weighted by molar-refractivity contribution is 0.0525. The molecule has 0 N–H and O–H groups in total. The molecule has 2 aromatic rings. The Balaban J connectivity index is 2.08. The van der Waals surface area contributed by atoms with Crippen LogP contribution < -0.4 is 0 Å². The van der Waals surface area contributed by atoms with E-state index < -0.39 is 5.97 Å². The van der Waals surface area contributed by atoms with Gasteiger partial charge in [0, 0.05) is 11.1 Å². The van der Waals surface area contributed by atoms with Gasteiger partial charge in [-0.2, -0.15) is 0 Å². The molecule has 0 spiro atoms. The first-order valence-corrected chi connectivity index (χ1v) is 6.57. The third-order valence-corrected chi connectivity index (χ3v) is 3.21. The zero-order valence-electron chi connectivity index (χ0n) is 10.3. The van der Waals surface area contributed by atoms with Crippen molar-refractivity contribution in [1.29, 1.82) is 0 Å². The standard InChI is InChI=1S/C14H12FNO2S/c1-2-18-14(17)10-6-7-13(16-9-10)19-12-5-3-4-11(15)8-12/h3-9H,2H2,1H3. The predicted molar refractivity (Wildman–Crippen MR) is 70.7 cm³/mol. The molecule has 19 heavy (non-hydrogen) atoms. The summed E-state index contributed by atoms with van der Waals surface area (Å²) < 4.78 is 17.9. The number of benzene rings is 1. The van der Waals surface area contributed by atoms with Crippen molar-refractivity contribution in [3.05, 3.63) is 54.0 Å². The van der Waals surface area contributed by atoms with Crippen LogP contribution >= 0.6 is 11.8 Å². The third-order valence-electron chi connectivity index (χ3n) is 2.27. The molecule has 0 aliphatic carbocycles. The molecular weight excluding hydrogens is 265 g/mol. The molecule has 0 saturated heterocycles. The number of esters is 1. The van der Waals surface area contributed by atoms with Crippen LogP contribution in [0.3, 0.4) is 0 Å². The summed E-state index contributed by atoms with van der Waals surface area (Å²) in [6.45, 7) is 2.08. The van der Waals surface area contributed by atoms with Crippen LogP contribution in [0.1, 0.15) is 17.3 Å². The highest BCUT2D eigenvalue weighted by Crippen LogP contribution is 2.26. The molecule has 5 heteroatoms. The minimum absolute atomic E-state index is 0.284. The number of carbonyl (C=O) groups is 1. The molecule has 0 bridgehead atoms. The van der Waals surface area contributed by atoms with Gasteiger partial charge in [0.15, 0.2) is 0 Å². The largest absolute Gasteiger partial charge is 0.462 e. The molecule has 0 aliphatic rings. The fraction of sp³-hybridized carbons (Fsp3) is 0.143. The van der Waals surface area contributed by atoms with Crippen LogP contribution in [-0.4, -0.2) is 17.6 Å². The van der Waals surface area contributed by atoms with Crippen molar-refractivity contribution in [3.63, 3.8) is 0 Å². The minimum atomic E-state index is -0.391. The maximum Gasteiger partial charge on any atom is 0.339 e. The Hall–Kier alpha value is -1.88. The summed E-state index contributed by atoms with van der Waals surface area (Å²) in [4.78, 5) is 16.3. The summed E-state index contributed by atoms with van der Waals surface area (Å²) in [6.07, 6.45) is 1.46. The second-order valence-electron chi connectivity index (χ2n) is 3.67. The van der Waals surface area contributed by atoms with Gasteiger partial charge in [-0.05, 0) is 37.3 Å². The summed E-state index contributed by atoms with van der Waals surface area (Å²) in [5, 5.41) is 0.693. The lowest BCUT2D eigenvalue weighted by Crippen LogP contribution is -2.04. The van der Waals surface area contributed by atoms with Crippen molar-refractivity contribution in [2.75, 3.05) is 6.61 Å². The van der Waals surface area contributed by atoms with E-state index in [0.717, 1.165) is 4.90 Å². The average molecular weight is 277 g/mol. The van der Waals surface area contributed by atoms with Gasteiger partial charge in [-0.1, -0.05) is 17.8 Å². The van der Waals surface area contributed by atoms with Gasteiger partial charge in [-0.3, -0.25) is 0 Å². The van der Waals surface area contributed by atoms with E-state index in [0.29, 0.717) is 17.2 Å². The molecule has 98 valence electrons. The molecule has 1 aromatic heterocycles. The lowest BCUT2D eigenvalue weighted by Gasteiger charge is -2.03. The Kier molecular flexibility index (Phi) is 4.52. The molecule has 0 amide bonds. The first-order chi connectivity index (χ1) is 9.19. The van der Waals surface area contributed by atoms with Crippen LogP contribution in [0.25, 0.3) is 0 Å². The normalized spacial score (nSPS) is 10.2. The first-order valence-electron chi connectivity index (χ1n) is 5.75. The van der Waals surface area contributed by atoms with E-state index in [2.05, 4.69) is 4.98 Å². The molecule has 1 heterocycles. The SMILES string of the molecule is CCOC(=O)c1ccc(Sc2cccc(F)c2)nc1. The lowest BCUT2D eigenvalue weighted by atomic mass is 10.3. The molecule has 0 atom stereocenters. The monoisotopic (exact) mass is 277 g/mol. The van der Waals surface area contributed by atoms with Crippen molar-refractivity contribution < 1.29 is 13.9 Å². The van der Waals surface area contributed by atoms with Gasteiger partial charge in [0.05, 0.1) is 12.2 Å². The van der Waals surface area contributed by atoms with Gasteiger partial charge in [-0.25, -0.2) is 14.2 Å². The fourth-order valence-corrected chi connectivity index (χ4v) is 2.23. The molecule has 0 saturated carbocycles. The van der Waals surface area contributed by atoms with Crippen molar-refractivity contribution >= 4 is 17.7 Å². The van der Waals surface area contributed by atoms with Gasteiger partial charge in [0.1, 0.15) is 10.8 Å². The highest BCUT2D eigenvalue weighted by Gasteiger charge is 2.07. The molecule has 0 aliphatic heterocycles. The van der Waals surface area contributed by atoms with E-state index in [1.165, 1.54) is 30.1 Å². The van der Waals surface area contributed by atoms with E-state index in [-0.39, 0.29) is 5.82 Å². The van der Waals surface area contributed by atoms with Crippen molar-refractivity contribution in [2.24, 2.45) is 0 Å². The Morgan fingerprint density at radius 3 is 2.84 bits per heavy atom. The van der Waals surface area contributed by atoms with Crippen LogP contribution in [0.5, 0.6) is 0 Å². The molecular formula is C14H12FNO2S. The van der Waals surface area contributed by atoms with E-state index in [9.17, 15) is 9.18 Å². The van der Waals surface area contributed by atoms with Crippen LogP contribution in [0.2, 0.25) is 0 Å². The molecule has 0 fully saturated rings. The quantitative estimate of drug-likeness (QED) is 0.801. The van der Waals surface area contributed by atoms with Crippen LogP contribution in [-0.2, 0) is 4.74 Å². The van der Waals surface area contributed by atoms with Crippen LogP contribution in [0.4, 0.5) is 4.39 Å². The number of rotatable bonds is 4. The minimum Gasteiger partial charge on any atom is -0.462 e. The third kappa shape index (κ3) is 3.79. The van der Waals surface area contributed by atoms with Crippen molar-refractivity contribution in [1.82, 2.24) is 4.98 Å². The number of hydrogen-bond donors (Lipinski definition) is 0. The molecule has 0 radical (unpaired) electrons. The maximum absolute atomic E-state index is 13.0. The molecule has 1 aromatic carbocycles. The number of carbonyl (C=O) groups excluding carboxylic acids is 1. The maximum atomic E-state index is 13.0. The molecule has 0 unspecified atom stereocenters. The Morgan fingerprint density at radius 2 is 2.21 bits per heavy atom. The van der Waals surface area contributed by atoms with E-state index in [1.807, 2.05) is 0 Å². The second-order valence-corrected chi connectivity index (χ2v) is 4.76. The average Bonchev–Trinajstić information content (AvgIpc) is 2.40. The van der Waals surface area contributed by atoms with Gasteiger partial charge >= 0.3 is 5.97 Å². The number of hydrogen-bond acceptors (Lipinski definition) is 4. The van der Waals surface area contributed by atoms with E-state index >= 15 is 0 Å². The Morgan fingerprint density at radius 1 is 1.37 bits per heavy atom. The van der Waals surface area contributed by atoms with Gasteiger partial charge in [-0.15, -0.1) is 0 Å². The zero-order valence-corrected chi connectivity index (χ0v) is 11.1. The molecule has 2 rings (SSSR count). The fourth-order valence-electron chi connectivity index (χ4n) is 1.43. The van der Waals surface area contributed by atoms with Gasteiger partial charge in [0.25, 0.3) is 0 Å². The summed E-state index contributed by atoms with van der Waals surface area (Å²) in [6, 6.07) is 9.63. The van der Waals surface area contributed by atoms with Crippen molar-refractivity contribution in [3.8, 4) is 0 Å². The number of pyridine rings is 1. The number of aromatic nitrogens is 1. The first kappa shape index (κ1) is 13.5. The number of nitrogens with zero attached hydrogens (tertiary/aromatic N) is 1. The van der Waals surface area contributed by atoms with Crippen molar-refractivity contribution in [2.45, 2.75) is 16.8 Å². The van der Waals surface area contributed by atoms with Crippen LogP contribution in [0, 0.1) is 5.82 Å². The van der Waals surface area contributed by atoms with Crippen LogP contribution in [0.15, 0.2) is 52.5 Å². The topological polar surface area (TPSA) is 39.2 Å². The van der Waals surface area contributed by atoms with Gasteiger partial charge < -0.3 is 4.74 Å². The van der Waals surface area contributed by atoms with Gasteiger partial charge in [0.2, 0.25) is 0 Å². The van der Waals surface area contributed by atoms with E-state index in [1.54, 1.807) is 31.2 Å². The predicted octanol–water partition coefficient (Wildman–Crippen LogP) is 3.55. The summed E-state index contributed by atoms with van der Waals surface area (Å²) in [7, 11) is 0. The highest BCUT2D eigenvalue weighted by molar-refractivity contribution is 7.99. The summed E-state index contributed by atoms with van der Waals surface area (Å²) in [5.74, 6) is -0.676. The Labute approximate surface area is 114 Å². The van der Waals surface area contributed by atoms with E-state index in [4.69, 9.17) is 4.74 Å². The second kappa shape index (κ2) is 6.33. The Bertz CT molecular complexity index is 572. The number of ether oxygens (including phenoxy) is 1. The summed E-state index contributed by atoms with van der Waals surface area (Å²) in [5.41, 5.74) is 0.408. The zero-order chi connectivity index (χ0) is 13.7. The highest BCUT2D eigenvalue weighted by atomic mass is 32.2. The molecule has 3 nitrogen and oxygen atoms in total. The smallest absolute Gasteiger partial charge is 0.339 e.